The Morgan fingerprint density at radius 3 is 2.62 bits per heavy atom. The molecule has 10 nitrogen and oxygen atoms in total. The number of aromatic nitrogens is 3. The Labute approximate surface area is 191 Å². The van der Waals surface area contributed by atoms with Crippen LogP contribution in [-0.2, 0) is 14.8 Å². The van der Waals surface area contributed by atoms with E-state index in [4.69, 9.17) is 11.6 Å². The van der Waals surface area contributed by atoms with Gasteiger partial charge in [0, 0.05) is 31.7 Å². The van der Waals surface area contributed by atoms with E-state index in [1.54, 1.807) is 24.0 Å². The Balaban J connectivity index is 2.10. The maximum atomic E-state index is 12.6. The van der Waals surface area contributed by atoms with Gasteiger partial charge in [0.25, 0.3) is 5.91 Å². The van der Waals surface area contributed by atoms with Crippen molar-refractivity contribution in [2.75, 3.05) is 26.4 Å². The zero-order valence-electron chi connectivity index (χ0n) is 17.8. The molecular formula is C20H23ClN6O4S. The normalized spacial score (nSPS) is 19.4. The van der Waals surface area contributed by atoms with Crippen LogP contribution in [0.2, 0.25) is 5.15 Å². The number of halogens is 1. The van der Waals surface area contributed by atoms with Crippen LogP contribution < -0.4 is 5.32 Å². The topological polar surface area (TPSA) is 125 Å². The van der Waals surface area contributed by atoms with Crippen molar-refractivity contribution in [1.29, 1.82) is 0 Å². The van der Waals surface area contributed by atoms with Gasteiger partial charge >= 0.3 is 0 Å². The number of carbonyl (C=O) groups is 2. The lowest BCUT2D eigenvalue weighted by atomic mass is 10.0. The van der Waals surface area contributed by atoms with Crippen LogP contribution in [0.25, 0.3) is 11.3 Å². The summed E-state index contributed by atoms with van der Waals surface area (Å²) in [6.07, 6.45) is 3.77. The summed E-state index contributed by atoms with van der Waals surface area (Å²) in [5.41, 5.74) is 1.52. The molecule has 0 aromatic carbocycles. The summed E-state index contributed by atoms with van der Waals surface area (Å²) in [7, 11) is -2.13. The minimum atomic E-state index is -3.61. The predicted molar refractivity (Wildman–Crippen MR) is 119 cm³/mol. The maximum Gasteiger partial charge on any atom is 0.271 e. The zero-order valence-corrected chi connectivity index (χ0v) is 19.4. The van der Waals surface area contributed by atoms with Gasteiger partial charge in [0.1, 0.15) is 5.15 Å². The third-order valence-corrected chi connectivity index (χ3v) is 6.67. The Morgan fingerprint density at radius 2 is 2.00 bits per heavy atom. The number of amides is 2. The third kappa shape index (κ3) is 4.95. The molecule has 2 amide bonds. The molecule has 1 aliphatic heterocycles. The fourth-order valence-corrected chi connectivity index (χ4v) is 5.38. The van der Waals surface area contributed by atoms with E-state index in [0.717, 1.165) is 6.26 Å². The molecule has 0 spiro atoms. The van der Waals surface area contributed by atoms with Crippen molar-refractivity contribution in [3.8, 4) is 11.3 Å². The second-order valence-corrected chi connectivity index (χ2v) is 9.70. The summed E-state index contributed by atoms with van der Waals surface area (Å²) in [5, 5.41) is 10.3. The van der Waals surface area contributed by atoms with Gasteiger partial charge < -0.3 is 10.2 Å². The first-order valence-electron chi connectivity index (χ1n) is 9.67. The van der Waals surface area contributed by atoms with Crippen molar-refractivity contribution in [3.05, 3.63) is 53.5 Å². The highest BCUT2D eigenvalue weighted by atomic mass is 35.5. The SMILES string of the molecule is C=CC(=O)N1C[C@@H](C)N(S(C)(=O)=O)[C@H](c2cc(Cl)nc(-c3cnnc(C(=O)NC)c3)c2)C1. The summed E-state index contributed by atoms with van der Waals surface area (Å²) >= 11 is 6.28. The molecule has 0 radical (unpaired) electrons. The first-order valence-corrected chi connectivity index (χ1v) is 11.9. The van der Waals surface area contributed by atoms with Gasteiger partial charge in [0.05, 0.1) is 24.2 Å². The quantitative estimate of drug-likeness (QED) is 0.506. The van der Waals surface area contributed by atoms with Crippen LogP contribution in [0.1, 0.15) is 29.0 Å². The molecule has 0 aliphatic carbocycles. The van der Waals surface area contributed by atoms with Crippen molar-refractivity contribution in [3.63, 3.8) is 0 Å². The number of hydrogen-bond donors (Lipinski definition) is 1. The number of rotatable bonds is 5. The van der Waals surface area contributed by atoms with Crippen LogP contribution in [0.4, 0.5) is 0 Å². The van der Waals surface area contributed by atoms with Gasteiger partial charge in [0.15, 0.2) is 5.69 Å². The summed E-state index contributed by atoms with van der Waals surface area (Å²) in [6, 6.07) is 3.60. The van der Waals surface area contributed by atoms with Crippen LogP contribution in [0.3, 0.4) is 0 Å². The number of nitrogens with zero attached hydrogens (tertiary/aromatic N) is 5. The minimum Gasteiger partial charge on any atom is -0.354 e. The van der Waals surface area contributed by atoms with E-state index in [9.17, 15) is 18.0 Å². The molecule has 1 fully saturated rings. The van der Waals surface area contributed by atoms with Crippen LogP contribution >= 0.6 is 11.6 Å². The number of piperazine rings is 1. The summed E-state index contributed by atoms with van der Waals surface area (Å²) in [6.45, 7) is 5.63. The summed E-state index contributed by atoms with van der Waals surface area (Å²) in [5.74, 6) is -0.700. The van der Waals surface area contributed by atoms with Crippen molar-refractivity contribution in [1.82, 2.24) is 29.7 Å². The molecule has 3 rings (SSSR count). The molecule has 0 unspecified atom stereocenters. The van der Waals surface area contributed by atoms with E-state index in [2.05, 4.69) is 27.1 Å². The van der Waals surface area contributed by atoms with Crippen molar-refractivity contribution in [2.24, 2.45) is 0 Å². The molecule has 2 aromatic heterocycles. The highest BCUT2D eigenvalue weighted by Crippen LogP contribution is 2.34. The number of pyridine rings is 1. The number of carbonyl (C=O) groups excluding carboxylic acids is 2. The van der Waals surface area contributed by atoms with E-state index in [0.29, 0.717) is 16.8 Å². The molecule has 1 saturated heterocycles. The number of hydrogen-bond acceptors (Lipinski definition) is 7. The van der Waals surface area contributed by atoms with E-state index in [-0.39, 0.29) is 29.8 Å². The van der Waals surface area contributed by atoms with Crippen LogP contribution in [0.15, 0.2) is 37.1 Å². The fraction of sp³-hybridized carbons (Fsp3) is 0.350. The van der Waals surface area contributed by atoms with E-state index in [1.165, 1.54) is 29.7 Å². The van der Waals surface area contributed by atoms with Crippen molar-refractivity contribution >= 4 is 33.4 Å². The molecule has 2 aromatic rings. The largest absolute Gasteiger partial charge is 0.354 e. The first-order chi connectivity index (χ1) is 15.0. The minimum absolute atomic E-state index is 0.0973. The Bertz CT molecular complexity index is 1170. The predicted octanol–water partition coefficient (Wildman–Crippen LogP) is 1.27. The molecule has 2 atom stereocenters. The molecule has 1 N–H and O–H groups in total. The van der Waals surface area contributed by atoms with Gasteiger partial charge in [-0.1, -0.05) is 18.2 Å². The lowest BCUT2D eigenvalue weighted by Gasteiger charge is -2.44. The standard InChI is InChI=1S/C20H23ClN6O4S/c1-5-19(28)26-10-12(2)27(32(4,30)31)17(11-26)13-6-15(24-18(21)8-13)14-7-16(20(29)22-3)25-23-9-14/h5-9,12,17H,1,10-11H2,2-4H3,(H,22,29)/t12-,17+/m1/s1. The lowest BCUT2D eigenvalue weighted by molar-refractivity contribution is -0.129. The van der Waals surface area contributed by atoms with Crippen LogP contribution in [0, 0.1) is 0 Å². The van der Waals surface area contributed by atoms with Gasteiger partial charge in [-0.2, -0.15) is 9.40 Å². The number of sulfonamides is 1. The van der Waals surface area contributed by atoms with Crippen LogP contribution in [-0.4, -0.2) is 77.1 Å². The van der Waals surface area contributed by atoms with Crippen molar-refractivity contribution < 1.29 is 18.0 Å². The smallest absolute Gasteiger partial charge is 0.271 e. The van der Waals surface area contributed by atoms with E-state index < -0.39 is 28.0 Å². The fourth-order valence-electron chi connectivity index (χ4n) is 3.79. The molecule has 1 aliphatic rings. The van der Waals surface area contributed by atoms with Gasteiger partial charge in [-0.3, -0.25) is 9.59 Å². The molecule has 0 bridgehead atoms. The Kier molecular flexibility index (Phi) is 6.91. The molecule has 0 saturated carbocycles. The van der Waals surface area contributed by atoms with E-state index in [1.807, 2.05) is 0 Å². The molecule has 3 heterocycles. The van der Waals surface area contributed by atoms with Gasteiger partial charge in [-0.25, -0.2) is 13.4 Å². The second kappa shape index (κ2) is 9.31. The number of nitrogens with one attached hydrogen (secondary N) is 1. The average molecular weight is 479 g/mol. The lowest BCUT2D eigenvalue weighted by Crippen LogP contribution is -2.56. The van der Waals surface area contributed by atoms with Crippen molar-refractivity contribution in [2.45, 2.75) is 19.0 Å². The Morgan fingerprint density at radius 1 is 1.28 bits per heavy atom. The Hall–Kier alpha value is -2.89. The van der Waals surface area contributed by atoms with Gasteiger partial charge in [-0.05, 0) is 36.8 Å². The molecule has 12 heteroatoms. The van der Waals surface area contributed by atoms with E-state index >= 15 is 0 Å². The average Bonchev–Trinajstić information content (AvgIpc) is 2.76. The second-order valence-electron chi connectivity index (χ2n) is 7.42. The maximum absolute atomic E-state index is 12.6. The van der Waals surface area contributed by atoms with Gasteiger partial charge in [-0.15, -0.1) is 5.10 Å². The highest BCUT2D eigenvalue weighted by Gasteiger charge is 2.40. The molecular weight excluding hydrogens is 456 g/mol. The van der Waals surface area contributed by atoms with Gasteiger partial charge in [0.2, 0.25) is 15.9 Å². The first kappa shape index (κ1) is 23.8. The summed E-state index contributed by atoms with van der Waals surface area (Å²) < 4.78 is 26.6. The highest BCUT2D eigenvalue weighted by molar-refractivity contribution is 7.88. The third-order valence-electron chi connectivity index (χ3n) is 5.10. The zero-order chi connectivity index (χ0) is 23.6. The summed E-state index contributed by atoms with van der Waals surface area (Å²) in [4.78, 5) is 30.1. The van der Waals surface area contributed by atoms with Crippen LogP contribution in [0.5, 0.6) is 0 Å². The molecule has 170 valence electrons. The monoisotopic (exact) mass is 478 g/mol. The molecule has 32 heavy (non-hydrogen) atoms.